The number of hydrogen-bond donors (Lipinski definition) is 4. The first-order valence-corrected chi connectivity index (χ1v) is 14.0. The van der Waals surface area contributed by atoms with Crippen LogP contribution in [0.3, 0.4) is 0 Å². The van der Waals surface area contributed by atoms with Gasteiger partial charge in [0.1, 0.15) is 12.6 Å². The predicted molar refractivity (Wildman–Crippen MR) is 160 cm³/mol. The second kappa shape index (κ2) is 15.0. The molecule has 0 radical (unpaired) electrons. The molecule has 1 heterocycles. The summed E-state index contributed by atoms with van der Waals surface area (Å²) in [5, 5.41) is 18.5. The van der Waals surface area contributed by atoms with E-state index in [0.717, 1.165) is 16.7 Å². The fourth-order valence-corrected chi connectivity index (χ4v) is 4.98. The predicted octanol–water partition coefficient (Wildman–Crippen LogP) is 4.08. The highest BCUT2D eigenvalue weighted by Gasteiger charge is 2.33. The smallest absolute Gasteiger partial charge is 0.409 e. The van der Waals surface area contributed by atoms with E-state index in [4.69, 9.17) is 9.47 Å². The number of hydrogen-bond acceptors (Lipinski definition) is 6. The molecule has 3 atom stereocenters. The largest absolute Gasteiger partial charge is 0.465 e. The zero-order valence-corrected chi connectivity index (χ0v) is 23.9. The topological polar surface area (TPSA) is 129 Å². The van der Waals surface area contributed by atoms with E-state index >= 15 is 0 Å². The number of carbonyl (C=O) groups excluding carboxylic acids is 2. The minimum atomic E-state index is -1.28. The Bertz CT molecular complexity index is 1270. The first-order valence-electron chi connectivity index (χ1n) is 14.0. The van der Waals surface area contributed by atoms with Crippen LogP contribution in [-0.2, 0) is 20.7 Å². The second-order valence-electron chi connectivity index (χ2n) is 10.4. The van der Waals surface area contributed by atoms with Crippen molar-refractivity contribution in [2.75, 3.05) is 39.2 Å². The van der Waals surface area contributed by atoms with Crippen molar-refractivity contribution < 1.29 is 29.0 Å². The van der Waals surface area contributed by atoms with E-state index in [1.165, 1.54) is 4.90 Å². The van der Waals surface area contributed by atoms with E-state index in [-0.39, 0.29) is 18.8 Å². The molecular formula is C32H38N4O6. The van der Waals surface area contributed by atoms with Gasteiger partial charge in [0.15, 0.2) is 0 Å². The van der Waals surface area contributed by atoms with Crippen molar-refractivity contribution in [3.05, 3.63) is 102 Å². The molecule has 0 spiro atoms. The Morgan fingerprint density at radius 3 is 2.17 bits per heavy atom. The first kappa shape index (κ1) is 30.5. The maximum atomic E-state index is 13.8. The van der Waals surface area contributed by atoms with Crippen molar-refractivity contribution in [3.63, 3.8) is 0 Å². The first-order chi connectivity index (χ1) is 20.3. The zero-order chi connectivity index (χ0) is 29.9. The van der Waals surface area contributed by atoms with Gasteiger partial charge in [-0.15, -0.1) is 0 Å². The average Bonchev–Trinajstić information content (AvgIpc) is 3.00. The number of anilines is 1. The fraction of sp³-hybridized carbons (Fsp3) is 0.344. The lowest BCUT2D eigenvalue weighted by Crippen LogP contribution is -2.49. The van der Waals surface area contributed by atoms with Crippen LogP contribution < -0.4 is 16.0 Å². The molecule has 222 valence electrons. The Hall–Kier alpha value is -4.41. The van der Waals surface area contributed by atoms with Crippen molar-refractivity contribution >= 4 is 23.8 Å². The minimum Gasteiger partial charge on any atom is -0.465 e. The molecule has 0 aromatic heterocycles. The molecule has 0 aliphatic carbocycles. The number of carboxylic acid groups (broad SMARTS) is 1. The van der Waals surface area contributed by atoms with Crippen molar-refractivity contribution in [2.45, 2.75) is 36.9 Å². The Balaban J connectivity index is 1.43. The van der Waals surface area contributed by atoms with Gasteiger partial charge in [0.25, 0.3) is 0 Å². The number of morpholine rings is 1. The molecule has 1 saturated heterocycles. The van der Waals surface area contributed by atoms with Gasteiger partial charge in [-0.3, -0.25) is 4.79 Å². The van der Waals surface area contributed by atoms with Gasteiger partial charge in [-0.05, 0) is 35.6 Å². The van der Waals surface area contributed by atoms with Crippen molar-refractivity contribution in [2.24, 2.45) is 0 Å². The Labute approximate surface area is 246 Å². The zero-order valence-electron chi connectivity index (χ0n) is 23.9. The molecule has 10 heteroatoms. The van der Waals surface area contributed by atoms with Gasteiger partial charge in [0, 0.05) is 32.2 Å². The van der Waals surface area contributed by atoms with Crippen molar-refractivity contribution in [3.8, 4) is 0 Å². The molecule has 1 aliphatic rings. The van der Waals surface area contributed by atoms with Crippen molar-refractivity contribution in [1.82, 2.24) is 15.5 Å². The van der Waals surface area contributed by atoms with Crippen LogP contribution in [0.1, 0.15) is 29.0 Å². The summed E-state index contributed by atoms with van der Waals surface area (Å²) in [5.74, 6) is -0.990. The van der Waals surface area contributed by atoms with Crippen LogP contribution in [0.5, 0.6) is 0 Å². The lowest BCUT2D eigenvalue weighted by molar-refractivity contribution is -0.118. The molecule has 3 aromatic rings. The number of nitrogens with zero attached hydrogens (tertiary/aromatic N) is 1. The number of amides is 3. The van der Waals surface area contributed by atoms with Gasteiger partial charge in [-0.1, -0.05) is 78.9 Å². The van der Waals surface area contributed by atoms with E-state index in [2.05, 4.69) is 16.0 Å². The number of para-hydroxylation sites is 1. The highest BCUT2D eigenvalue weighted by molar-refractivity contribution is 5.98. The molecular weight excluding hydrogens is 536 g/mol. The molecule has 4 N–H and O–H groups in total. The van der Waals surface area contributed by atoms with Crippen molar-refractivity contribution in [1.29, 1.82) is 0 Å². The average molecular weight is 575 g/mol. The summed E-state index contributed by atoms with van der Waals surface area (Å²) in [6, 6.07) is 25.2. The molecule has 0 saturated carbocycles. The van der Waals surface area contributed by atoms with Crippen LogP contribution in [-0.4, -0.2) is 80.1 Å². The molecule has 0 bridgehead atoms. The molecule has 10 nitrogen and oxygen atoms in total. The van der Waals surface area contributed by atoms with Crippen LogP contribution >= 0.6 is 0 Å². The number of ether oxygens (including phenoxy) is 2. The number of benzene rings is 3. The quantitative estimate of drug-likeness (QED) is 0.272. The number of aryl methyl sites for hydroxylation is 1. The summed E-state index contributed by atoms with van der Waals surface area (Å²) in [6.07, 6.45) is -0.371. The summed E-state index contributed by atoms with van der Waals surface area (Å²) < 4.78 is 11.2. The summed E-state index contributed by atoms with van der Waals surface area (Å²) in [5.41, 5.74) is 3.18. The van der Waals surface area contributed by atoms with Gasteiger partial charge in [-0.2, -0.15) is 0 Å². The van der Waals surface area contributed by atoms with Gasteiger partial charge in [-0.25, -0.2) is 9.59 Å². The second-order valence-corrected chi connectivity index (χ2v) is 10.4. The Morgan fingerprint density at radius 1 is 0.976 bits per heavy atom. The van der Waals surface area contributed by atoms with E-state index < -0.39 is 30.1 Å². The molecule has 1 aliphatic heterocycles. The van der Waals surface area contributed by atoms with Crippen LogP contribution in [0.15, 0.2) is 84.9 Å². The molecule has 42 heavy (non-hydrogen) atoms. The van der Waals surface area contributed by atoms with E-state index in [9.17, 15) is 19.5 Å². The van der Waals surface area contributed by atoms with E-state index in [1.807, 2.05) is 84.9 Å². The van der Waals surface area contributed by atoms with Gasteiger partial charge >= 0.3 is 12.2 Å². The third-order valence-corrected chi connectivity index (χ3v) is 7.16. The normalized spacial score (nSPS) is 17.2. The highest BCUT2D eigenvalue weighted by atomic mass is 16.6. The summed E-state index contributed by atoms with van der Waals surface area (Å²) >= 11 is 0. The maximum absolute atomic E-state index is 13.8. The van der Waals surface area contributed by atoms with Crippen LogP contribution in [0.25, 0.3) is 0 Å². The standard InChI is InChI=1S/C32H38N4O6/c1-36(2)32(40)42-21-25-20-41-26(19-33-25)18-17-22-11-9-10-16-27(22)34-30(37)29(35-31(38)39)28(23-12-5-3-6-13-23)24-14-7-4-8-15-24/h3-16,25-26,28-29,33,35H,17-21H2,1-2H3,(H,34,37)(H,38,39)/t25-,26+,29-/m0/s1. The van der Waals surface area contributed by atoms with Crippen LogP contribution in [0.2, 0.25) is 0 Å². The van der Waals surface area contributed by atoms with E-state index in [1.54, 1.807) is 14.1 Å². The molecule has 4 rings (SSSR count). The fourth-order valence-electron chi connectivity index (χ4n) is 4.98. The number of rotatable bonds is 11. The van der Waals surface area contributed by atoms with Gasteiger partial charge in [0.2, 0.25) is 5.91 Å². The van der Waals surface area contributed by atoms with Gasteiger partial charge < -0.3 is 35.4 Å². The number of carbonyl (C=O) groups is 3. The lowest BCUT2D eigenvalue weighted by Gasteiger charge is -2.30. The summed E-state index contributed by atoms with van der Waals surface area (Å²) in [6.45, 7) is 1.27. The Kier molecular flexibility index (Phi) is 10.9. The maximum Gasteiger partial charge on any atom is 0.409 e. The number of nitrogens with one attached hydrogen (secondary N) is 3. The minimum absolute atomic E-state index is 0.0449. The summed E-state index contributed by atoms with van der Waals surface area (Å²) in [4.78, 5) is 38.7. The molecule has 0 unspecified atom stereocenters. The van der Waals surface area contributed by atoms with Crippen LogP contribution in [0, 0.1) is 0 Å². The SMILES string of the molecule is CN(C)C(=O)OC[C@@H]1CO[C@H](CCc2ccccc2NC(=O)[C@@H](NC(=O)O)C(c2ccccc2)c2ccccc2)CN1. The lowest BCUT2D eigenvalue weighted by atomic mass is 9.84. The molecule has 3 amide bonds. The third-order valence-electron chi connectivity index (χ3n) is 7.16. The molecule has 3 aromatic carbocycles. The molecule has 1 fully saturated rings. The van der Waals surface area contributed by atoms with E-state index in [0.29, 0.717) is 31.7 Å². The van der Waals surface area contributed by atoms with Crippen LogP contribution in [0.4, 0.5) is 15.3 Å². The highest BCUT2D eigenvalue weighted by Crippen LogP contribution is 2.29. The monoisotopic (exact) mass is 574 g/mol. The third kappa shape index (κ3) is 8.55. The Morgan fingerprint density at radius 2 is 1.60 bits per heavy atom. The van der Waals surface area contributed by atoms with Gasteiger partial charge in [0.05, 0.1) is 18.8 Å². The summed E-state index contributed by atoms with van der Waals surface area (Å²) in [7, 11) is 3.27.